The summed E-state index contributed by atoms with van der Waals surface area (Å²) in [6.07, 6.45) is 6.18. The van der Waals surface area contributed by atoms with Gasteiger partial charge in [-0.05, 0) is 24.6 Å². The number of nitrogens with two attached hydrogens (primary N) is 1. The van der Waals surface area contributed by atoms with Crippen LogP contribution in [-0.2, 0) is 0 Å². The maximum Gasteiger partial charge on any atom is 0.169 e. The summed E-state index contributed by atoms with van der Waals surface area (Å²) in [5.41, 5.74) is 8.26. The molecule has 18 heavy (non-hydrogen) atoms. The number of hydrogen-bond acceptors (Lipinski definition) is 5. The Balaban J connectivity index is 2.10. The second-order valence-corrected chi connectivity index (χ2v) is 3.95. The van der Waals surface area contributed by atoms with E-state index in [0.717, 1.165) is 16.8 Å². The van der Waals surface area contributed by atoms with Crippen molar-refractivity contribution >= 4 is 5.82 Å². The van der Waals surface area contributed by atoms with Gasteiger partial charge in [0.15, 0.2) is 11.5 Å². The molecule has 0 atom stereocenters. The Bertz CT molecular complexity index is 621. The van der Waals surface area contributed by atoms with Gasteiger partial charge < -0.3 is 15.2 Å². The monoisotopic (exact) mass is 241 g/mol. The quantitative estimate of drug-likeness (QED) is 0.829. The number of hydrogen-bond donors (Lipinski definition) is 1. The van der Waals surface area contributed by atoms with Crippen LogP contribution < -0.4 is 15.2 Å². The van der Waals surface area contributed by atoms with Crippen LogP contribution in [0.4, 0.5) is 5.82 Å². The molecule has 2 heterocycles. The number of ether oxygens (including phenoxy) is 2. The minimum atomic E-state index is 0.400. The van der Waals surface area contributed by atoms with Gasteiger partial charge in [-0.25, -0.2) is 4.98 Å². The Kier molecular flexibility index (Phi) is 2.37. The molecule has 2 aromatic rings. The molecule has 0 saturated carbocycles. The van der Waals surface area contributed by atoms with Crippen LogP contribution in [0.2, 0.25) is 0 Å². The first kappa shape index (κ1) is 10.6. The van der Waals surface area contributed by atoms with E-state index in [4.69, 9.17) is 15.2 Å². The van der Waals surface area contributed by atoms with Gasteiger partial charge >= 0.3 is 0 Å². The van der Waals surface area contributed by atoms with Gasteiger partial charge in [-0.15, -0.1) is 0 Å². The fraction of sp³-hybridized carbons (Fsp3) is 0.0769. The molecule has 1 aliphatic rings. The number of rotatable bonds is 1. The van der Waals surface area contributed by atoms with E-state index in [1.54, 1.807) is 6.20 Å². The third kappa shape index (κ3) is 1.75. The van der Waals surface area contributed by atoms with Crippen LogP contribution in [-0.4, -0.2) is 9.97 Å². The third-order valence-electron chi connectivity index (χ3n) is 2.68. The molecule has 0 amide bonds. The number of aryl methyl sites for hydroxylation is 1. The van der Waals surface area contributed by atoms with E-state index in [2.05, 4.69) is 9.97 Å². The zero-order valence-electron chi connectivity index (χ0n) is 9.75. The summed E-state index contributed by atoms with van der Waals surface area (Å²) < 4.78 is 10.7. The van der Waals surface area contributed by atoms with E-state index in [1.165, 1.54) is 18.7 Å². The molecule has 1 aromatic heterocycles. The lowest BCUT2D eigenvalue weighted by atomic mass is 10.0. The number of nitrogen functional groups attached to an aromatic ring is 1. The molecule has 2 N–H and O–H groups in total. The summed E-state index contributed by atoms with van der Waals surface area (Å²) in [7, 11) is 0. The summed E-state index contributed by atoms with van der Waals surface area (Å²) in [4.78, 5) is 8.29. The van der Waals surface area contributed by atoms with Gasteiger partial charge in [0.25, 0.3) is 0 Å². The van der Waals surface area contributed by atoms with Crippen molar-refractivity contribution in [2.45, 2.75) is 6.92 Å². The van der Waals surface area contributed by atoms with E-state index in [0.29, 0.717) is 17.3 Å². The molecule has 0 radical (unpaired) electrons. The number of aromatic nitrogens is 2. The Labute approximate surface area is 104 Å². The van der Waals surface area contributed by atoms with E-state index in [-0.39, 0.29) is 0 Å². The molecule has 1 aliphatic heterocycles. The minimum Gasteiger partial charge on any atom is -0.458 e. The van der Waals surface area contributed by atoms with Crippen LogP contribution in [0.25, 0.3) is 11.3 Å². The first-order valence-corrected chi connectivity index (χ1v) is 5.45. The maximum absolute atomic E-state index is 5.53. The highest BCUT2D eigenvalue weighted by molar-refractivity contribution is 5.68. The van der Waals surface area contributed by atoms with Crippen molar-refractivity contribution in [3.8, 4) is 22.8 Å². The Morgan fingerprint density at radius 3 is 2.39 bits per heavy atom. The predicted molar refractivity (Wildman–Crippen MR) is 67.0 cm³/mol. The Hall–Kier alpha value is -2.56. The summed E-state index contributed by atoms with van der Waals surface area (Å²) in [5.74, 6) is 1.76. The molecule has 0 saturated heterocycles. The number of anilines is 1. The second-order valence-electron chi connectivity index (χ2n) is 3.95. The smallest absolute Gasteiger partial charge is 0.169 e. The van der Waals surface area contributed by atoms with Crippen molar-refractivity contribution < 1.29 is 9.47 Å². The maximum atomic E-state index is 5.53. The van der Waals surface area contributed by atoms with E-state index in [1.807, 2.05) is 19.1 Å². The van der Waals surface area contributed by atoms with Crippen molar-refractivity contribution in [3.63, 3.8) is 0 Å². The van der Waals surface area contributed by atoms with Crippen molar-refractivity contribution in [1.82, 2.24) is 9.97 Å². The van der Waals surface area contributed by atoms with Crippen molar-refractivity contribution in [1.29, 1.82) is 0 Å². The van der Waals surface area contributed by atoms with Gasteiger partial charge in [0, 0.05) is 5.56 Å². The topological polar surface area (TPSA) is 70.3 Å². The largest absolute Gasteiger partial charge is 0.458 e. The first-order valence-electron chi connectivity index (χ1n) is 5.45. The van der Waals surface area contributed by atoms with Crippen LogP contribution in [0.1, 0.15) is 5.56 Å². The fourth-order valence-corrected chi connectivity index (χ4v) is 1.80. The second kappa shape index (κ2) is 4.03. The lowest BCUT2D eigenvalue weighted by Gasteiger charge is -2.15. The average molecular weight is 241 g/mol. The van der Waals surface area contributed by atoms with Crippen LogP contribution >= 0.6 is 0 Å². The van der Waals surface area contributed by atoms with Crippen LogP contribution in [0.5, 0.6) is 11.5 Å². The highest BCUT2D eigenvalue weighted by Crippen LogP contribution is 2.36. The molecule has 1 aromatic carbocycles. The van der Waals surface area contributed by atoms with Gasteiger partial charge in [-0.3, -0.25) is 4.98 Å². The van der Waals surface area contributed by atoms with E-state index >= 15 is 0 Å². The number of fused-ring (bicyclic) bond motifs is 1. The van der Waals surface area contributed by atoms with Gasteiger partial charge in [0.2, 0.25) is 0 Å². The molecule has 0 spiro atoms. The van der Waals surface area contributed by atoms with Gasteiger partial charge in [0.05, 0.1) is 18.1 Å². The predicted octanol–water partition coefficient (Wildman–Crippen LogP) is 2.28. The van der Waals surface area contributed by atoms with Crippen LogP contribution in [0.3, 0.4) is 0 Å². The van der Waals surface area contributed by atoms with Gasteiger partial charge in [0.1, 0.15) is 18.3 Å². The van der Waals surface area contributed by atoms with E-state index in [9.17, 15) is 0 Å². The molecule has 5 heteroatoms. The van der Waals surface area contributed by atoms with Crippen LogP contribution in [0, 0.1) is 6.92 Å². The zero-order valence-corrected chi connectivity index (χ0v) is 9.75. The molecule has 0 bridgehead atoms. The number of nitrogens with zero attached hydrogens (tertiary/aromatic N) is 2. The first-order chi connectivity index (χ1) is 8.74. The molecule has 0 unspecified atom stereocenters. The highest BCUT2D eigenvalue weighted by Gasteiger charge is 2.13. The zero-order chi connectivity index (χ0) is 12.5. The lowest BCUT2D eigenvalue weighted by Crippen LogP contribution is -1.99. The number of benzene rings is 1. The normalized spacial score (nSPS) is 12.5. The highest BCUT2D eigenvalue weighted by atomic mass is 16.5. The van der Waals surface area contributed by atoms with Gasteiger partial charge in [-0.2, -0.15) is 0 Å². The summed E-state index contributed by atoms with van der Waals surface area (Å²) >= 11 is 0. The van der Waals surface area contributed by atoms with Crippen LogP contribution in [0.15, 0.2) is 37.1 Å². The SMILES string of the molecule is Cc1cc2c(cc1-c1cnc(N)cn1)OC=CO2. The third-order valence-corrected chi connectivity index (χ3v) is 2.68. The van der Waals surface area contributed by atoms with Crippen molar-refractivity contribution in [2.75, 3.05) is 5.73 Å². The fourth-order valence-electron chi connectivity index (χ4n) is 1.80. The Morgan fingerprint density at radius 2 is 1.72 bits per heavy atom. The molecular weight excluding hydrogens is 230 g/mol. The Morgan fingerprint density at radius 1 is 1.00 bits per heavy atom. The summed E-state index contributed by atoms with van der Waals surface area (Å²) in [5, 5.41) is 0. The molecule has 90 valence electrons. The lowest BCUT2D eigenvalue weighted by molar-refractivity contribution is 0.361. The van der Waals surface area contributed by atoms with Crippen molar-refractivity contribution in [2.24, 2.45) is 0 Å². The summed E-state index contributed by atoms with van der Waals surface area (Å²) in [6, 6.07) is 3.79. The molecule has 0 aliphatic carbocycles. The minimum absolute atomic E-state index is 0.400. The standard InChI is InChI=1S/C13H11N3O2/c1-8-4-11-12(18-3-2-17-11)5-9(8)10-6-16-13(14)7-15-10/h2-7H,1H3,(H2,14,16). The molecule has 5 nitrogen and oxygen atoms in total. The molecule has 3 rings (SSSR count). The summed E-state index contributed by atoms with van der Waals surface area (Å²) in [6.45, 7) is 1.98. The van der Waals surface area contributed by atoms with Crippen molar-refractivity contribution in [3.05, 3.63) is 42.6 Å². The van der Waals surface area contributed by atoms with Gasteiger partial charge in [-0.1, -0.05) is 0 Å². The average Bonchev–Trinajstić information content (AvgIpc) is 2.39. The van der Waals surface area contributed by atoms with E-state index < -0.39 is 0 Å². The molecular formula is C13H11N3O2. The molecule has 0 fully saturated rings.